The van der Waals surface area contributed by atoms with Gasteiger partial charge in [0.05, 0.1) is 22.8 Å². The van der Waals surface area contributed by atoms with E-state index in [1.165, 1.54) is 145 Å². The van der Waals surface area contributed by atoms with Crippen LogP contribution in [0.4, 0.5) is 0 Å². The van der Waals surface area contributed by atoms with Crippen LogP contribution >= 0.6 is 0 Å². The number of nitrogens with zero attached hydrogens (tertiary/aromatic N) is 4. The van der Waals surface area contributed by atoms with E-state index < -0.39 is 0 Å². The molecular weight excluding hydrogens is 1000 g/mol. The van der Waals surface area contributed by atoms with Gasteiger partial charge in [-0.05, 0) is 224 Å². The molecule has 0 fully saturated rings. The lowest BCUT2D eigenvalue weighted by Gasteiger charge is -2.21. The van der Waals surface area contributed by atoms with Crippen LogP contribution in [-0.2, 0) is 64.2 Å². The van der Waals surface area contributed by atoms with Gasteiger partial charge >= 0.3 is 0 Å². The molecule has 6 aromatic rings. The number of aromatic nitrogens is 8. The smallest absolute Gasteiger partial charge is 0.0722 e. The molecule has 434 valence electrons. The molecule has 0 amide bonds. The van der Waals surface area contributed by atoms with E-state index in [-0.39, 0.29) is 17.8 Å². The van der Waals surface area contributed by atoms with Gasteiger partial charge in [-0.25, -0.2) is 9.97 Å². The lowest BCUT2D eigenvalue weighted by molar-refractivity contribution is 0.527. The molecule has 0 aromatic carbocycles. The summed E-state index contributed by atoms with van der Waals surface area (Å²) in [6.07, 6.45) is 16.9. The molecule has 0 aliphatic carbocycles. The first kappa shape index (κ1) is 58.9. The Morgan fingerprint density at radius 2 is 0.598 bits per heavy atom. The van der Waals surface area contributed by atoms with Crippen LogP contribution in [0.25, 0.3) is 66.4 Å². The number of H-pyrrole nitrogens is 4. The van der Waals surface area contributed by atoms with E-state index in [2.05, 4.69) is 167 Å². The Kier molecular flexibility index (Phi) is 17.9. The number of fused-ring (bicyclic) bond motifs is 16. The summed E-state index contributed by atoms with van der Waals surface area (Å²) in [5, 5.41) is 0. The second kappa shape index (κ2) is 24.9. The molecule has 10 heterocycles. The molecule has 4 N–H and O–H groups in total. The fraction of sp³-hybridized carbons (Fsp3) is 0.514. The number of aryl methyl sites for hydroxylation is 9. The number of rotatable bonds is 19. The minimum Gasteiger partial charge on any atom is -0.355 e. The summed E-state index contributed by atoms with van der Waals surface area (Å²) < 4.78 is 0. The second-order valence-electron chi connectivity index (χ2n) is 23.7. The predicted molar refractivity (Wildman–Crippen MR) is 351 cm³/mol. The van der Waals surface area contributed by atoms with Crippen LogP contribution in [0.3, 0.4) is 0 Å². The van der Waals surface area contributed by atoms with Gasteiger partial charge in [-0.1, -0.05) is 111 Å². The van der Waals surface area contributed by atoms with E-state index in [0.717, 1.165) is 138 Å². The van der Waals surface area contributed by atoms with Crippen LogP contribution in [0, 0.1) is 0 Å². The Labute approximate surface area is 491 Å². The molecule has 0 radical (unpaired) electrons. The molecule has 0 saturated carbocycles. The molecule has 6 aromatic heterocycles. The summed E-state index contributed by atoms with van der Waals surface area (Å²) in [6.45, 7) is 37.5. The van der Waals surface area contributed by atoms with Gasteiger partial charge in [0, 0.05) is 96.1 Å². The number of hydrogen-bond acceptors (Lipinski definition) is 4. The van der Waals surface area contributed by atoms with Crippen molar-refractivity contribution in [3.05, 3.63) is 138 Å². The van der Waals surface area contributed by atoms with E-state index in [9.17, 15) is 0 Å². The zero-order valence-electron chi connectivity index (χ0n) is 53.3. The monoisotopic (exact) mass is 1100 g/mol. The van der Waals surface area contributed by atoms with Crippen molar-refractivity contribution in [3.63, 3.8) is 0 Å². The highest BCUT2D eigenvalue weighted by Crippen LogP contribution is 2.48. The van der Waals surface area contributed by atoms with Crippen LogP contribution in [0.1, 0.15) is 287 Å². The number of allylic oxidation sites excluding steroid dienone is 4. The largest absolute Gasteiger partial charge is 0.355 e. The van der Waals surface area contributed by atoms with Crippen LogP contribution in [0.5, 0.6) is 0 Å². The molecule has 4 atom stereocenters. The van der Waals surface area contributed by atoms with E-state index in [1.54, 1.807) is 0 Å². The summed E-state index contributed by atoms with van der Waals surface area (Å²) in [7, 11) is 0. The molecule has 82 heavy (non-hydrogen) atoms. The van der Waals surface area contributed by atoms with Crippen LogP contribution in [0.2, 0.25) is 0 Å². The summed E-state index contributed by atoms with van der Waals surface area (Å²) in [5.41, 5.74) is 38.4. The summed E-state index contributed by atoms with van der Waals surface area (Å²) in [5.74, 6) is 1.10. The fourth-order valence-electron chi connectivity index (χ4n) is 16.2. The van der Waals surface area contributed by atoms with Crippen molar-refractivity contribution in [3.8, 4) is 0 Å². The SMILES string of the molecule is CCC1=C(CC)c2cc3[nH]c(c(CCc4c5nc(cc6[nH]c(cc7[nH]c(cc8nc4[C@@H](CC)[C@@H]8CC)c(CC)c7CC)c(CC)c6CC)C(CC)=C5CC)c4nc(cc5[nH]c(cc1n2)c(CC)c5CC)[C@@H](CC)[C@@H]4CC)c(CC)c3CC. The van der Waals surface area contributed by atoms with E-state index in [1.807, 2.05) is 0 Å². The average Bonchev–Trinajstić information content (AvgIpc) is 4.55. The zero-order valence-corrected chi connectivity index (χ0v) is 53.3. The molecule has 0 spiro atoms. The standard InChI is InChI=1S/C74H98N8/c1-17-41-45(21-5)63-37-67-49(25-9)53(29-13)71(79-67)57(72-54(30-14)50(26-10)68(80-72)38-64-46(22-6)42(18-2)60(76-64)35-59(41)75-63)33-34-58-73-55(31-15)51(27-11)69(81-73)39-65-47(23-7)43(19-3)61(77-65)36-62-44(20-4)48(24-8)66(78-62)40-70-52(28-12)56(32-16)74(58)82-70/h35-40,49,51,53,55,75-77,82H,17-34H2,1-16H3/t49-,51-,53-,55-/m0/s1. The van der Waals surface area contributed by atoms with Gasteiger partial charge in [0.2, 0.25) is 0 Å². The molecule has 0 unspecified atom stereocenters. The predicted octanol–water partition coefficient (Wildman–Crippen LogP) is 20.1. The van der Waals surface area contributed by atoms with Crippen LogP contribution in [-0.4, -0.2) is 39.9 Å². The maximum atomic E-state index is 6.03. The van der Waals surface area contributed by atoms with Gasteiger partial charge < -0.3 is 19.9 Å². The Balaban J connectivity index is 1.36. The van der Waals surface area contributed by atoms with E-state index in [4.69, 9.17) is 19.9 Å². The minimum atomic E-state index is 0.256. The maximum absolute atomic E-state index is 6.03. The lowest BCUT2D eigenvalue weighted by atomic mass is 9.81. The molecular formula is C74H98N8. The Hall–Kier alpha value is -6.28. The zero-order chi connectivity index (χ0) is 58.3. The Bertz CT molecular complexity index is 3820. The van der Waals surface area contributed by atoms with Gasteiger partial charge in [0.25, 0.3) is 0 Å². The molecule has 8 heteroatoms. The first-order chi connectivity index (χ1) is 39.9. The highest BCUT2D eigenvalue weighted by atomic mass is 14.8. The molecule has 8 nitrogen and oxygen atoms in total. The summed E-state index contributed by atoms with van der Waals surface area (Å²) >= 11 is 0. The third kappa shape index (κ3) is 9.87. The van der Waals surface area contributed by atoms with Crippen molar-refractivity contribution in [1.29, 1.82) is 0 Å². The Morgan fingerprint density at radius 3 is 0.976 bits per heavy atom. The van der Waals surface area contributed by atoms with Crippen molar-refractivity contribution in [2.24, 2.45) is 0 Å². The van der Waals surface area contributed by atoms with Crippen molar-refractivity contribution in [2.75, 3.05) is 0 Å². The lowest BCUT2D eigenvalue weighted by Crippen LogP contribution is -2.10. The number of hydrogen-bond donors (Lipinski definition) is 4. The van der Waals surface area contributed by atoms with Gasteiger partial charge in [-0.2, -0.15) is 0 Å². The summed E-state index contributed by atoms with van der Waals surface area (Å²) in [4.78, 5) is 39.9. The van der Waals surface area contributed by atoms with Crippen molar-refractivity contribution < 1.29 is 0 Å². The van der Waals surface area contributed by atoms with Crippen LogP contribution < -0.4 is 0 Å². The molecule has 0 saturated heterocycles. The van der Waals surface area contributed by atoms with Crippen molar-refractivity contribution in [2.45, 2.75) is 250 Å². The van der Waals surface area contributed by atoms with E-state index >= 15 is 0 Å². The highest BCUT2D eigenvalue weighted by Gasteiger charge is 2.36. The van der Waals surface area contributed by atoms with Crippen molar-refractivity contribution >= 4 is 66.4 Å². The number of aromatic amines is 4. The van der Waals surface area contributed by atoms with Crippen molar-refractivity contribution in [1.82, 2.24) is 39.9 Å². The normalized spacial score (nSPS) is 17.3. The summed E-state index contributed by atoms with van der Waals surface area (Å²) in [6, 6.07) is 14.5. The highest BCUT2D eigenvalue weighted by molar-refractivity contribution is 5.95. The van der Waals surface area contributed by atoms with Gasteiger partial charge in [-0.15, -0.1) is 0 Å². The van der Waals surface area contributed by atoms with E-state index in [0.29, 0.717) is 5.92 Å². The topological polar surface area (TPSA) is 115 Å². The average molecular weight is 1100 g/mol. The van der Waals surface area contributed by atoms with Gasteiger partial charge in [0.1, 0.15) is 0 Å². The quantitative estimate of drug-likeness (QED) is 0.0647. The Morgan fingerprint density at radius 1 is 0.280 bits per heavy atom. The molecule has 4 aliphatic rings. The third-order valence-electron chi connectivity index (χ3n) is 20.0. The molecule has 16 bridgehead atoms. The third-order valence-corrected chi connectivity index (χ3v) is 20.0. The maximum Gasteiger partial charge on any atom is 0.0722 e. The first-order valence-electron chi connectivity index (χ1n) is 33.0. The van der Waals surface area contributed by atoms with Gasteiger partial charge in [-0.3, -0.25) is 9.97 Å². The van der Waals surface area contributed by atoms with Crippen LogP contribution in [0.15, 0.2) is 36.4 Å². The first-order valence-corrected chi connectivity index (χ1v) is 33.0. The van der Waals surface area contributed by atoms with Gasteiger partial charge in [0.15, 0.2) is 0 Å². The second-order valence-corrected chi connectivity index (χ2v) is 23.7. The molecule has 4 aliphatic heterocycles. The fourth-order valence-corrected chi connectivity index (χ4v) is 16.2. The molecule has 10 rings (SSSR count). The minimum absolute atomic E-state index is 0.256. The number of nitrogens with one attached hydrogen (secondary N) is 4.